The molecule has 3 heterocycles. The summed E-state index contributed by atoms with van der Waals surface area (Å²) in [6, 6.07) is 9.62. The molecule has 0 radical (unpaired) electrons. The molecule has 0 saturated carbocycles. The molecule has 7 nitrogen and oxygen atoms in total. The summed E-state index contributed by atoms with van der Waals surface area (Å²) in [5.41, 5.74) is 1.50. The van der Waals surface area contributed by atoms with Crippen LogP contribution in [-0.4, -0.2) is 28.0 Å². The zero-order valence-corrected chi connectivity index (χ0v) is 20.7. The van der Waals surface area contributed by atoms with Crippen LogP contribution in [0.25, 0.3) is 10.2 Å². The van der Waals surface area contributed by atoms with Gasteiger partial charge in [-0.15, -0.1) is 11.3 Å². The van der Waals surface area contributed by atoms with Crippen LogP contribution in [-0.2, 0) is 22.5 Å². The topological polar surface area (TPSA) is 90.3 Å². The molecule has 34 heavy (non-hydrogen) atoms. The molecule has 1 amide bonds. The maximum absolute atomic E-state index is 13.1. The predicted octanol–water partition coefficient (Wildman–Crippen LogP) is 4.55. The number of amides is 1. The first-order valence-corrected chi connectivity index (χ1v) is 12.7. The van der Waals surface area contributed by atoms with Gasteiger partial charge >= 0.3 is 5.97 Å². The number of benzene rings is 1. The summed E-state index contributed by atoms with van der Waals surface area (Å²) < 4.78 is 7.10. The lowest BCUT2D eigenvalue weighted by atomic mass is 9.97. The average Bonchev–Trinajstić information content (AvgIpc) is 2.98. The van der Waals surface area contributed by atoms with Gasteiger partial charge in [0.1, 0.15) is 15.5 Å². The Morgan fingerprint density at radius 2 is 1.94 bits per heavy atom. The smallest absolute Gasteiger partial charge is 0.349 e. The number of aryl methyl sites for hydroxylation is 2. The van der Waals surface area contributed by atoms with E-state index < -0.39 is 5.97 Å². The second-order valence-electron chi connectivity index (χ2n) is 9.27. The molecule has 0 aliphatic carbocycles. The van der Waals surface area contributed by atoms with Crippen LogP contribution in [0.15, 0.2) is 35.1 Å². The van der Waals surface area contributed by atoms with Crippen LogP contribution in [0.5, 0.6) is 0 Å². The van der Waals surface area contributed by atoms with Crippen molar-refractivity contribution in [2.75, 3.05) is 6.61 Å². The molecule has 4 rings (SSSR count). The second-order valence-corrected chi connectivity index (χ2v) is 10.3. The summed E-state index contributed by atoms with van der Waals surface area (Å²) in [6.45, 7) is 6.23. The standard InChI is InChI=1S/C26H31N3O4S/c1-16(2)14-19(18-10-6-4-7-11-18)27-21(30)15-33-26(32)23-17(3)22-24(34-23)28-20-12-8-5-9-13-29(20)25(22)31/h4,6-7,10-11,16,19H,5,8-9,12-15H2,1-3H3,(H,27,30). The van der Waals surface area contributed by atoms with E-state index in [0.717, 1.165) is 43.5 Å². The van der Waals surface area contributed by atoms with Crippen LogP contribution >= 0.6 is 11.3 Å². The zero-order chi connectivity index (χ0) is 24.2. The van der Waals surface area contributed by atoms with E-state index >= 15 is 0 Å². The van der Waals surface area contributed by atoms with Gasteiger partial charge in [0.25, 0.3) is 11.5 Å². The van der Waals surface area contributed by atoms with Crippen LogP contribution in [0.4, 0.5) is 0 Å². The van der Waals surface area contributed by atoms with Crippen molar-refractivity contribution in [1.82, 2.24) is 14.9 Å². The van der Waals surface area contributed by atoms with Crippen molar-refractivity contribution in [2.24, 2.45) is 5.92 Å². The van der Waals surface area contributed by atoms with Gasteiger partial charge in [-0.2, -0.15) is 0 Å². The van der Waals surface area contributed by atoms with Gasteiger partial charge < -0.3 is 10.1 Å². The third-order valence-corrected chi connectivity index (χ3v) is 7.34. The molecule has 1 aliphatic rings. The number of esters is 1. The van der Waals surface area contributed by atoms with Gasteiger partial charge in [0.2, 0.25) is 0 Å². The van der Waals surface area contributed by atoms with Gasteiger partial charge in [-0.25, -0.2) is 9.78 Å². The highest BCUT2D eigenvalue weighted by atomic mass is 32.1. The SMILES string of the molecule is Cc1c(C(=O)OCC(=O)NC(CC(C)C)c2ccccc2)sc2nc3n(c(=O)c12)CCCCC3. The molecule has 0 spiro atoms. The number of carbonyl (C=O) groups is 2. The number of rotatable bonds is 7. The fraction of sp³-hybridized carbons (Fsp3) is 0.462. The van der Waals surface area contributed by atoms with Crippen molar-refractivity contribution in [3.05, 3.63) is 62.5 Å². The predicted molar refractivity (Wildman–Crippen MR) is 133 cm³/mol. The Morgan fingerprint density at radius 1 is 1.18 bits per heavy atom. The summed E-state index contributed by atoms with van der Waals surface area (Å²) >= 11 is 1.17. The van der Waals surface area contributed by atoms with Crippen LogP contribution in [0.1, 0.15) is 72.2 Å². The fourth-order valence-electron chi connectivity index (χ4n) is 4.47. The number of nitrogens with zero attached hydrogens (tertiary/aromatic N) is 2. The van der Waals surface area contributed by atoms with Gasteiger partial charge in [-0.1, -0.05) is 50.6 Å². The van der Waals surface area contributed by atoms with Crippen LogP contribution in [0.2, 0.25) is 0 Å². The Hall–Kier alpha value is -3.00. The molecule has 2 aromatic heterocycles. The molecule has 0 fully saturated rings. The van der Waals surface area contributed by atoms with Crippen molar-refractivity contribution in [3.63, 3.8) is 0 Å². The van der Waals surface area contributed by atoms with Crippen LogP contribution in [0, 0.1) is 12.8 Å². The monoisotopic (exact) mass is 481 g/mol. The number of hydrogen-bond acceptors (Lipinski definition) is 6. The Kier molecular flexibility index (Phi) is 7.46. The Morgan fingerprint density at radius 3 is 2.68 bits per heavy atom. The van der Waals surface area contributed by atoms with E-state index in [-0.39, 0.29) is 24.1 Å². The van der Waals surface area contributed by atoms with Gasteiger partial charge in [0.15, 0.2) is 6.61 Å². The van der Waals surface area contributed by atoms with Gasteiger partial charge in [0.05, 0.1) is 11.4 Å². The van der Waals surface area contributed by atoms with E-state index in [1.54, 1.807) is 11.5 Å². The summed E-state index contributed by atoms with van der Waals surface area (Å²) in [7, 11) is 0. The normalized spacial score (nSPS) is 14.5. The number of hydrogen-bond donors (Lipinski definition) is 1. The molecule has 3 aromatic rings. The highest BCUT2D eigenvalue weighted by Crippen LogP contribution is 2.29. The largest absolute Gasteiger partial charge is 0.451 e. The summed E-state index contributed by atoms with van der Waals surface area (Å²) in [6.07, 6.45) is 4.58. The lowest BCUT2D eigenvalue weighted by molar-refractivity contribution is -0.125. The first-order chi connectivity index (χ1) is 16.3. The molecular weight excluding hydrogens is 450 g/mol. The average molecular weight is 482 g/mol. The van der Waals surface area contributed by atoms with Crippen LogP contribution < -0.4 is 10.9 Å². The van der Waals surface area contributed by atoms with Crippen molar-refractivity contribution >= 4 is 33.4 Å². The van der Waals surface area contributed by atoms with E-state index in [1.807, 2.05) is 30.3 Å². The summed E-state index contributed by atoms with van der Waals surface area (Å²) in [4.78, 5) is 44.1. The molecule has 1 unspecified atom stereocenters. The number of thiophene rings is 1. The minimum Gasteiger partial charge on any atom is -0.451 e. The Labute approximate surface area is 203 Å². The quantitative estimate of drug-likeness (QED) is 0.500. The first-order valence-electron chi connectivity index (χ1n) is 11.9. The minimum atomic E-state index is -0.602. The summed E-state index contributed by atoms with van der Waals surface area (Å²) in [5.74, 6) is 0.213. The number of nitrogens with one attached hydrogen (secondary N) is 1. The zero-order valence-electron chi connectivity index (χ0n) is 19.9. The van der Waals surface area contributed by atoms with E-state index in [9.17, 15) is 14.4 Å². The fourth-order valence-corrected chi connectivity index (χ4v) is 5.56. The third kappa shape index (κ3) is 5.22. The molecule has 1 aromatic carbocycles. The number of carbonyl (C=O) groups excluding carboxylic acids is 2. The molecule has 8 heteroatoms. The van der Waals surface area contributed by atoms with E-state index in [4.69, 9.17) is 9.72 Å². The highest BCUT2D eigenvalue weighted by molar-refractivity contribution is 7.20. The Balaban J connectivity index is 1.48. The van der Waals surface area contributed by atoms with Gasteiger partial charge in [-0.3, -0.25) is 14.2 Å². The number of aromatic nitrogens is 2. The van der Waals surface area contributed by atoms with Crippen molar-refractivity contribution < 1.29 is 14.3 Å². The Bertz CT molecular complexity index is 1250. The van der Waals surface area contributed by atoms with E-state index in [0.29, 0.717) is 33.1 Å². The molecular formula is C26H31N3O4S. The van der Waals surface area contributed by atoms with E-state index in [1.165, 1.54) is 11.3 Å². The minimum absolute atomic E-state index is 0.0909. The summed E-state index contributed by atoms with van der Waals surface area (Å²) in [5, 5.41) is 3.47. The molecule has 1 N–H and O–H groups in total. The lowest BCUT2D eigenvalue weighted by Gasteiger charge is -2.21. The molecule has 0 bridgehead atoms. The highest BCUT2D eigenvalue weighted by Gasteiger charge is 2.24. The second kappa shape index (κ2) is 10.5. The molecule has 180 valence electrons. The maximum atomic E-state index is 13.1. The molecule has 0 saturated heterocycles. The van der Waals surface area contributed by atoms with Crippen molar-refractivity contribution in [1.29, 1.82) is 0 Å². The lowest BCUT2D eigenvalue weighted by Crippen LogP contribution is -2.33. The molecule has 1 aliphatic heterocycles. The van der Waals surface area contributed by atoms with Crippen molar-refractivity contribution in [2.45, 2.75) is 65.5 Å². The number of ether oxygens (including phenoxy) is 1. The third-order valence-electron chi connectivity index (χ3n) is 6.18. The maximum Gasteiger partial charge on any atom is 0.349 e. The first kappa shape index (κ1) is 24.1. The molecule has 1 atom stereocenters. The van der Waals surface area contributed by atoms with Crippen LogP contribution in [0.3, 0.4) is 0 Å². The number of fused-ring (bicyclic) bond motifs is 2. The van der Waals surface area contributed by atoms with Crippen molar-refractivity contribution in [3.8, 4) is 0 Å². The van der Waals surface area contributed by atoms with Gasteiger partial charge in [-0.05, 0) is 43.2 Å². The van der Waals surface area contributed by atoms with E-state index in [2.05, 4.69) is 19.2 Å². The van der Waals surface area contributed by atoms with Gasteiger partial charge in [0, 0.05) is 13.0 Å².